The number of Topliss-reactive ketones (excluding diaryl/α,β-unsaturated/α-hetero) is 1. The summed E-state index contributed by atoms with van der Waals surface area (Å²) in [4.78, 5) is 23.4. The van der Waals surface area contributed by atoms with Crippen molar-refractivity contribution in [1.29, 1.82) is 0 Å². The number of aryl methyl sites for hydroxylation is 1. The molecule has 1 aromatic carbocycles. The maximum Gasteiger partial charge on any atom is 0.220 e. The van der Waals surface area contributed by atoms with Crippen LogP contribution in [0.4, 0.5) is 0 Å². The summed E-state index contributed by atoms with van der Waals surface area (Å²) in [5.74, 6) is -0.653. The van der Waals surface area contributed by atoms with Crippen LogP contribution in [0, 0.1) is 6.92 Å². The van der Waals surface area contributed by atoms with Gasteiger partial charge < -0.3 is 5.32 Å². The third-order valence-corrected chi connectivity index (χ3v) is 5.65. The van der Waals surface area contributed by atoms with Crippen LogP contribution >= 0.6 is 0 Å². The molecule has 1 aliphatic rings. The Morgan fingerprint density at radius 2 is 1.90 bits per heavy atom. The second-order valence-electron chi connectivity index (χ2n) is 5.06. The summed E-state index contributed by atoms with van der Waals surface area (Å²) in [5, 5.41) is 1.36. The topological polar surface area (TPSA) is 80.3 Å². The zero-order valence-corrected chi connectivity index (χ0v) is 12.2. The van der Waals surface area contributed by atoms with Crippen molar-refractivity contribution in [2.24, 2.45) is 0 Å². The molecule has 2 unspecified atom stereocenters. The fraction of sp³-hybridized carbons (Fsp3) is 0.429. The number of ketones is 1. The smallest absolute Gasteiger partial charge is 0.220 e. The number of carbonyl (C=O) groups excluding carboxylic acids is 2. The van der Waals surface area contributed by atoms with Crippen molar-refractivity contribution < 1.29 is 18.0 Å². The Labute approximate surface area is 118 Å². The molecular formula is C14H17NO4S. The molecular weight excluding hydrogens is 278 g/mol. The molecule has 108 valence electrons. The van der Waals surface area contributed by atoms with Gasteiger partial charge in [0.1, 0.15) is 5.25 Å². The summed E-state index contributed by atoms with van der Waals surface area (Å²) < 4.78 is 24.8. The number of sulfone groups is 1. The average Bonchev–Trinajstić information content (AvgIpc) is 2.84. The fourth-order valence-corrected chi connectivity index (χ4v) is 3.59. The van der Waals surface area contributed by atoms with E-state index in [1.807, 2.05) is 6.92 Å². The summed E-state index contributed by atoms with van der Waals surface area (Å²) in [6.45, 7) is 3.24. The predicted molar refractivity (Wildman–Crippen MR) is 74.0 cm³/mol. The number of nitrogens with one attached hydrogen (secondary N) is 1. The molecule has 0 spiro atoms. The normalized spacial score (nSPS) is 20.5. The molecule has 1 amide bonds. The minimum Gasteiger partial charge on any atom is -0.346 e. The second-order valence-corrected chi connectivity index (χ2v) is 7.33. The molecule has 1 saturated heterocycles. The quantitative estimate of drug-likeness (QED) is 0.899. The first-order valence-corrected chi connectivity index (χ1v) is 8.00. The lowest BCUT2D eigenvalue weighted by Crippen LogP contribution is -2.41. The van der Waals surface area contributed by atoms with Crippen molar-refractivity contribution in [3.63, 3.8) is 0 Å². The molecule has 5 nitrogen and oxygen atoms in total. The molecule has 6 heteroatoms. The third kappa shape index (κ3) is 2.75. The van der Waals surface area contributed by atoms with E-state index < -0.39 is 26.9 Å². The third-order valence-electron chi connectivity index (χ3n) is 3.55. The highest BCUT2D eigenvalue weighted by molar-refractivity contribution is 7.92. The molecule has 20 heavy (non-hydrogen) atoms. The Bertz CT molecular complexity index is 634. The molecule has 1 heterocycles. The molecule has 2 rings (SSSR count). The SMILES string of the molecule is Cc1ccc(S(=O)(=O)C(C)C(=O)C2CCC(=O)N2)cc1. The van der Waals surface area contributed by atoms with Gasteiger partial charge in [0.2, 0.25) is 5.91 Å². The number of hydrogen-bond donors (Lipinski definition) is 1. The fourth-order valence-electron chi connectivity index (χ4n) is 2.20. The molecule has 0 radical (unpaired) electrons. The van der Waals surface area contributed by atoms with Crippen LogP contribution in [0.15, 0.2) is 29.2 Å². The Kier molecular flexibility index (Phi) is 3.94. The summed E-state index contributed by atoms with van der Waals surface area (Å²) in [6.07, 6.45) is 0.638. The van der Waals surface area contributed by atoms with Crippen LogP contribution < -0.4 is 5.32 Å². The Hall–Kier alpha value is -1.69. The van der Waals surface area contributed by atoms with Gasteiger partial charge in [0, 0.05) is 6.42 Å². The van der Waals surface area contributed by atoms with Crippen LogP contribution in [0.1, 0.15) is 25.3 Å². The van der Waals surface area contributed by atoms with Gasteiger partial charge in [-0.3, -0.25) is 9.59 Å². The van der Waals surface area contributed by atoms with E-state index >= 15 is 0 Å². The zero-order chi connectivity index (χ0) is 14.9. The van der Waals surface area contributed by atoms with E-state index in [1.54, 1.807) is 12.1 Å². The highest BCUT2D eigenvalue weighted by Gasteiger charge is 2.37. The van der Waals surface area contributed by atoms with Crippen molar-refractivity contribution in [1.82, 2.24) is 5.32 Å². The van der Waals surface area contributed by atoms with Crippen molar-refractivity contribution in [2.45, 2.75) is 42.9 Å². The van der Waals surface area contributed by atoms with E-state index in [0.717, 1.165) is 5.56 Å². The van der Waals surface area contributed by atoms with E-state index in [0.29, 0.717) is 6.42 Å². The van der Waals surface area contributed by atoms with Gasteiger partial charge in [0.25, 0.3) is 0 Å². The molecule has 1 N–H and O–H groups in total. The van der Waals surface area contributed by atoms with Crippen LogP contribution in [0.2, 0.25) is 0 Å². The van der Waals surface area contributed by atoms with Crippen LogP contribution in [0.25, 0.3) is 0 Å². The van der Waals surface area contributed by atoms with E-state index in [9.17, 15) is 18.0 Å². The molecule has 2 atom stereocenters. The number of carbonyl (C=O) groups is 2. The number of rotatable bonds is 4. The van der Waals surface area contributed by atoms with Crippen molar-refractivity contribution in [2.75, 3.05) is 0 Å². The highest BCUT2D eigenvalue weighted by atomic mass is 32.2. The summed E-state index contributed by atoms with van der Waals surface area (Å²) in [6, 6.07) is 5.71. The maximum atomic E-state index is 12.4. The van der Waals surface area contributed by atoms with Gasteiger partial charge in [-0.2, -0.15) is 0 Å². The predicted octanol–water partition coefficient (Wildman–Crippen LogP) is 1.00. The minimum absolute atomic E-state index is 0.133. The second kappa shape index (κ2) is 5.36. The van der Waals surface area contributed by atoms with Gasteiger partial charge in [0.15, 0.2) is 15.6 Å². The summed E-state index contributed by atoms with van der Waals surface area (Å²) in [5.41, 5.74) is 0.950. The number of amides is 1. The first-order valence-electron chi connectivity index (χ1n) is 6.46. The molecule has 1 fully saturated rings. The van der Waals surface area contributed by atoms with E-state index in [2.05, 4.69) is 5.32 Å². The van der Waals surface area contributed by atoms with Gasteiger partial charge in [-0.05, 0) is 32.4 Å². The lowest BCUT2D eigenvalue weighted by Gasteiger charge is -2.16. The molecule has 1 aromatic rings. The highest BCUT2D eigenvalue weighted by Crippen LogP contribution is 2.20. The molecule has 0 aliphatic carbocycles. The molecule has 0 aromatic heterocycles. The van der Waals surface area contributed by atoms with Gasteiger partial charge in [-0.25, -0.2) is 8.42 Å². The average molecular weight is 295 g/mol. The van der Waals surface area contributed by atoms with Gasteiger partial charge in [-0.15, -0.1) is 0 Å². The zero-order valence-electron chi connectivity index (χ0n) is 11.4. The van der Waals surface area contributed by atoms with Crippen molar-refractivity contribution in [3.05, 3.63) is 29.8 Å². The standard InChI is InChI=1S/C14H17NO4S/c1-9-3-5-11(6-4-9)20(18,19)10(2)14(17)12-7-8-13(16)15-12/h3-6,10,12H,7-8H2,1-2H3,(H,15,16). The Balaban J connectivity index is 2.22. The van der Waals surface area contributed by atoms with E-state index in [1.165, 1.54) is 19.1 Å². The van der Waals surface area contributed by atoms with Gasteiger partial charge in [-0.1, -0.05) is 17.7 Å². The maximum absolute atomic E-state index is 12.4. The van der Waals surface area contributed by atoms with E-state index in [-0.39, 0.29) is 17.2 Å². The Morgan fingerprint density at radius 1 is 1.30 bits per heavy atom. The summed E-state index contributed by atoms with van der Waals surface area (Å²) >= 11 is 0. The van der Waals surface area contributed by atoms with Crippen LogP contribution in [-0.2, 0) is 19.4 Å². The number of benzene rings is 1. The largest absolute Gasteiger partial charge is 0.346 e. The van der Waals surface area contributed by atoms with Crippen molar-refractivity contribution in [3.8, 4) is 0 Å². The van der Waals surface area contributed by atoms with Gasteiger partial charge in [0.05, 0.1) is 10.9 Å². The minimum atomic E-state index is -3.71. The number of hydrogen-bond acceptors (Lipinski definition) is 4. The van der Waals surface area contributed by atoms with Gasteiger partial charge >= 0.3 is 0 Å². The van der Waals surface area contributed by atoms with Crippen LogP contribution in [0.3, 0.4) is 0 Å². The summed E-state index contributed by atoms with van der Waals surface area (Å²) in [7, 11) is -3.71. The first kappa shape index (κ1) is 14.7. The Morgan fingerprint density at radius 3 is 2.40 bits per heavy atom. The lowest BCUT2D eigenvalue weighted by molar-refractivity contribution is -0.124. The van der Waals surface area contributed by atoms with Crippen LogP contribution in [-0.4, -0.2) is 31.4 Å². The molecule has 0 saturated carbocycles. The van der Waals surface area contributed by atoms with Crippen molar-refractivity contribution >= 4 is 21.5 Å². The van der Waals surface area contributed by atoms with E-state index in [4.69, 9.17) is 0 Å². The molecule has 1 aliphatic heterocycles. The monoisotopic (exact) mass is 295 g/mol. The van der Waals surface area contributed by atoms with Crippen LogP contribution in [0.5, 0.6) is 0 Å². The lowest BCUT2D eigenvalue weighted by atomic mass is 10.1. The first-order chi connectivity index (χ1) is 9.32. The molecule has 0 bridgehead atoms.